The van der Waals surface area contributed by atoms with Crippen LogP contribution in [0.15, 0.2) is 42.5 Å². The number of hydrogen-bond acceptors (Lipinski definition) is 3. The van der Waals surface area contributed by atoms with E-state index in [-0.39, 0.29) is 18.4 Å². The van der Waals surface area contributed by atoms with Crippen molar-refractivity contribution in [1.82, 2.24) is 10.2 Å². The van der Waals surface area contributed by atoms with Gasteiger partial charge >= 0.3 is 0 Å². The molecule has 0 aliphatic heterocycles. The van der Waals surface area contributed by atoms with Crippen LogP contribution in [0.3, 0.4) is 0 Å². The zero-order chi connectivity index (χ0) is 22.1. The maximum atomic E-state index is 13.1. The minimum absolute atomic E-state index is 0.110. The zero-order valence-corrected chi connectivity index (χ0v) is 18.8. The summed E-state index contributed by atoms with van der Waals surface area (Å²) in [6, 6.07) is 13.3. The molecule has 30 heavy (non-hydrogen) atoms. The molecule has 2 amide bonds. The lowest BCUT2D eigenvalue weighted by molar-refractivity contribution is -0.142. The average Bonchev–Trinajstić information content (AvgIpc) is 2.70. The number of amides is 2. The number of nitrogens with one attached hydrogen (secondary N) is 1. The van der Waals surface area contributed by atoms with E-state index in [4.69, 9.17) is 4.74 Å². The van der Waals surface area contributed by atoms with Gasteiger partial charge in [0.25, 0.3) is 5.91 Å². The number of benzene rings is 2. The number of aryl methyl sites for hydroxylation is 3. The van der Waals surface area contributed by atoms with Gasteiger partial charge in [0.15, 0.2) is 6.61 Å². The molecule has 0 heterocycles. The fourth-order valence-electron chi connectivity index (χ4n) is 3.25. The summed E-state index contributed by atoms with van der Waals surface area (Å²) in [6.07, 6.45) is 1.92. The lowest BCUT2D eigenvalue weighted by Gasteiger charge is -2.29. The second kappa shape index (κ2) is 11.4. The van der Waals surface area contributed by atoms with E-state index in [1.165, 1.54) is 0 Å². The number of nitrogens with zero attached hydrogens (tertiary/aromatic N) is 1. The van der Waals surface area contributed by atoms with Gasteiger partial charge < -0.3 is 15.0 Å². The molecule has 5 nitrogen and oxygen atoms in total. The van der Waals surface area contributed by atoms with E-state index in [1.807, 2.05) is 57.2 Å². The van der Waals surface area contributed by atoms with Crippen LogP contribution in [0.25, 0.3) is 0 Å². The first-order valence-electron chi connectivity index (χ1n) is 10.6. The van der Waals surface area contributed by atoms with Gasteiger partial charge in [-0.05, 0) is 62.9 Å². The summed E-state index contributed by atoms with van der Waals surface area (Å²) >= 11 is 0. The van der Waals surface area contributed by atoms with E-state index in [0.717, 1.165) is 35.1 Å². The highest BCUT2D eigenvalue weighted by Gasteiger charge is 2.26. The Kier molecular flexibility index (Phi) is 8.90. The molecule has 0 aromatic heterocycles. The predicted octanol–water partition coefficient (Wildman–Crippen LogP) is 4.32. The van der Waals surface area contributed by atoms with Crippen LogP contribution < -0.4 is 10.1 Å². The molecular weight excluding hydrogens is 376 g/mol. The van der Waals surface area contributed by atoms with E-state index >= 15 is 0 Å². The van der Waals surface area contributed by atoms with E-state index in [2.05, 4.69) is 18.3 Å². The summed E-state index contributed by atoms with van der Waals surface area (Å²) in [5, 5.41) is 2.93. The summed E-state index contributed by atoms with van der Waals surface area (Å²) in [5.74, 6) is 0.305. The summed E-state index contributed by atoms with van der Waals surface area (Å²) in [7, 11) is 0. The topological polar surface area (TPSA) is 58.6 Å². The summed E-state index contributed by atoms with van der Waals surface area (Å²) in [5.41, 5.74) is 4.30. The van der Waals surface area contributed by atoms with Crippen molar-refractivity contribution in [2.45, 2.75) is 60.0 Å². The van der Waals surface area contributed by atoms with Crippen molar-refractivity contribution in [2.24, 2.45) is 0 Å². The predicted molar refractivity (Wildman–Crippen MR) is 121 cm³/mol. The zero-order valence-electron chi connectivity index (χ0n) is 18.8. The highest BCUT2D eigenvalue weighted by molar-refractivity contribution is 5.87. The van der Waals surface area contributed by atoms with Crippen LogP contribution in [0, 0.1) is 20.8 Å². The quantitative estimate of drug-likeness (QED) is 0.593. The van der Waals surface area contributed by atoms with Gasteiger partial charge in [-0.15, -0.1) is 0 Å². The van der Waals surface area contributed by atoms with E-state index in [0.29, 0.717) is 18.8 Å². The van der Waals surface area contributed by atoms with Gasteiger partial charge in [-0.3, -0.25) is 9.59 Å². The first-order chi connectivity index (χ1) is 14.3. The Bertz CT molecular complexity index is 826. The van der Waals surface area contributed by atoms with Crippen LogP contribution in [0.5, 0.6) is 5.75 Å². The molecule has 162 valence electrons. The van der Waals surface area contributed by atoms with Crippen molar-refractivity contribution < 1.29 is 14.3 Å². The highest BCUT2D eigenvalue weighted by atomic mass is 16.5. The van der Waals surface area contributed by atoms with Gasteiger partial charge in [0.2, 0.25) is 5.91 Å². The molecule has 0 radical (unpaired) electrons. The molecule has 0 bridgehead atoms. The maximum Gasteiger partial charge on any atom is 0.261 e. The minimum atomic E-state index is -0.585. The fourth-order valence-corrected chi connectivity index (χ4v) is 3.25. The molecule has 0 saturated heterocycles. The van der Waals surface area contributed by atoms with Gasteiger partial charge in [-0.25, -0.2) is 0 Å². The fraction of sp³-hybridized carbons (Fsp3) is 0.440. The van der Waals surface area contributed by atoms with Gasteiger partial charge in [0, 0.05) is 13.1 Å². The summed E-state index contributed by atoms with van der Waals surface area (Å²) in [6.45, 7) is 10.7. The van der Waals surface area contributed by atoms with Crippen LogP contribution in [0.1, 0.15) is 48.9 Å². The Morgan fingerprint density at radius 1 is 1.00 bits per heavy atom. The molecule has 0 fully saturated rings. The second-order valence-electron chi connectivity index (χ2n) is 7.94. The Hall–Kier alpha value is -2.82. The van der Waals surface area contributed by atoms with Crippen LogP contribution in [-0.2, 0) is 16.1 Å². The molecule has 2 aromatic carbocycles. The molecule has 2 aromatic rings. The number of ether oxygens (including phenoxy) is 1. The lowest BCUT2D eigenvalue weighted by Crippen LogP contribution is -2.49. The summed E-state index contributed by atoms with van der Waals surface area (Å²) < 4.78 is 5.77. The normalized spacial score (nSPS) is 11.6. The number of carbonyl (C=O) groups excluding carboxylic acids is 2. The minimum Gasteiger partial charge on any atom is -0.484 e. The molecule has 1 atom stereocenters. The van der Waals surface area contributed by atoms with Gasteiger partial charge in [-0.1, -0.05) is 49.2 Å². The molecule has 0 unspecified atom stereocenters. The first-order valence-corrected chi connectivity index (χ1v) is 10.6. The third kappa shape index (κ3) is 7.21. The highest BCUT2D eigenvalue weighted by Crippen LogP contribution is 2.17. The molecule has 2 rings (SSSR count). The molecule has 0 aliphatic rings. The molecule has 1 N–H and O–H groups in total. The SMILES string of the molecule is CCCCNC(=O)[C@@H](C)N(Cc1ccc(C)cc1)C(=O)COc1cc(C)cc(C)c1. The van der Waals surface area contributed by atoms with Crippen molar-refractivity contribution >= 4 is 11.8 Å². The van der Waals surface area contributed by atoms with E-state index in [9.17, 15) is 9.59 Å². The monoisotopic (exact) mass is 410 g/mol. The number of hydrogen-bond donors (Lipinski definition) is 1. The van der Waals surface area contributed by atoms with Crippen molar-refractivity contribution in [3.8, 4) is 5.75 Å². The van der Waals surface area contributed by atoms with E-state index < -0.39 is 6.04 Å². The van der Waals surface area contributed by atoms with Crippen molar-refractivity contribution in [2.75, 3.05) is 13.2 Å². The molecule has 0 saturated carbocycles. The Balaban J connectivity index is 2.12. The summed E-state index contributed by atoms with van der Waals surface area (Å²) in [4.78, 5) is 27.3. The van der Waals surface area contributed by atoms with Gasteiger partial charge in [-0.2, -0.15) is 0 Å². The van der Waals surface area contributed by atoms with Crippen molar-refractivity contribution in [3.63, 3.8) is 0 Å². The standard InChI is InChI=1S/C25H34N2O3/c1-6-7-12-26-25(29)21(5)27(16-22-10-8-18(2)9-11-22)24(28)17-30-23-14-19(3)13-20(4)15-23/h8-11,13-15,21H,6-7,12,16-17H2,1-5H3,(H,26,29)/t21-/m1/s1. The lowest BCUT2D eigenvalue weighted by atomic mass is 10.1. The third-order valence-corrected chi connectivity index (χ3v) is 5.03. The third-order valence-electron chi connectivity index (χ3n) is 5.03. The molecule has 5 heteroatoms. The smallest absolute Gasteiger partial charge is 0.261 e. The Labute approximate surface area is 180 Å². The van der Waals surface area contributed by atoms with Gasteiger partial charge in [0.1, 0.15) is 11.8 Å². The number of unbranched alkanes of at least 4 members (excludes halogenated alkanes) is 1. The molecular formula is C25H34N2O3. The van der Waals surface area contributed by atoms with Crippen LogP contribution >= 0.6 is 0 Å². The number of rotatable bonds is 10. The average molecular weight is 411 g/mol. The molecule has 0 spiro atoms. The Morgan fingerprint density at radius 2 is 1.63 bits per heavy atom. The van der Waals surface area contributed by atoms with Crippen LogP contribution in [0.4, 0.5) is 0 Å². The number of carbonyl (C=O) groups is 2. The molecule has 0 aliphatic carbocycles. The van der Waals surface area contributed by atoms with Crippen molar-refractivity contribution in [3.05, 3.63) is 64.7 Å². The Morgan fingerprint density at radius 3 is 2.23 bits per heavy atom. The first kappa shape index (κ1) is 23.5. The second-order valence-corrected chi connectivity index (χ2v) is 7.94. The van der Waals surface area contributed by atoms with Gasteiger partial charge in [0.05, 0.1) is 0 Å². The van der Waals surface area contributed by atoms with Crippen LogP contribution in [-0.4, -0.2) is 35.9 Å². The largest absolute Gasteiger partial charge is 0.484 e. The van der Waals surface area contributed by atoms with E-state index in [1.54, 1.807) is 11.8 Å². The maximum absolute atomic E-state index is 13.1. The van der Waals surface area contributed by atoms with Crippen LogP contribution in [0.2, 0.25) is 0 Å². The van der Waals surface area contributed by atoms with Crippen molar-refractivity contribution in [1.29, 1.82) is 0 Å².